The molecular formula is C30H36N2O5. The number of benzene rings is 2. The summed E-state index contributed by atoms with van der Waals surface area (Å²) in [7, 11) is 3.20. The molecule has 0 spiro atoms. The third kappa shape index (κ3) is 8.00. The summed E-state index contributed by atoms with van der Waals surface area (Å²) in [6, 6.07) is 18.9. The van der Waals surface area contributed by atoms with Crippen molar-refractivity contribution in [3.63, 3.8) is 0 Å². The van der Waals surface area contributed by atoms with Gasteiger partial charge in [0, 0.05) is 18.7 Å². The maximum Gasteiger partial charge on any atom is 0.247 e. The van der Waals surface area contributed by atoms with Crippen molar-refractivity contribution in [3.8, 4) is 11.5 Å². The summed E-state index contributed by atoms with van der Waals surface area (Å²) < 4.78 is 16.3. The average Bonchev–Trinajstić information content (AvgIpc) is 3.45. The molecule has 0 N–H and O–H groups in total. The highest BCUT2D eigenvalue weighted by Crippen LogP contribution is 2.27. The second-order valence-corrected chi connectivity index (χ2v) is 8.80. The van der Waals surface area contributed by atoms with Gasteiger partial charge < -0.3 is 23.7 Å². The first kappa shape index (κ1) is 27.6. The van der Waals surface area contributed by atoms with Crippen LogP contribution in [0.1, 0.15) is 37.2 Å². The first-order valence-electron chi connectivity index (χ1n) is 12.5. The van der Waals surface area contributed by atoms with Crippen LogP contribution in [0.2, 0.25) is 0 Å². The molecule has 0 saturated heterocycles. The lowest BCUT2D eigenvalue weighted by atomic mass is 10.1. The van der Waals surface area contributed by atoms with Crippen molar-refractivity contribution in [3.05, 3.63) is 89.9 Å². The van der Waals surface area contributed by atoms with Crippen LogP contribution in [0.4, 0.5) is 0 Å². The molecule has 1 aromatic heterocycles. The van der Waals surface area contributed by atoms with Gasteiger partial charge in [-0.25, -0.2) is 0 Å². The third-order valence-corrected chi connectivity index (χ3v) is 6.33. The van der Waals surface area contributed by atoms with Crippen LogP contribution in [0.5, 0.6) is 11.5 Å². The highest BCUT2D eigenvalue weighted by molar-refractivity contribution is 5.94. The van der Waals surface area contributed by atoms with E-state index in [0.717, 1.165) is 17.5 Å². The van der Waals surface area contributed by atoms with Crippen LogP contribution < -0.4 is 9.47 Å². The Hall–Kier alpha value is -4.00. The van der Waals surface area contributed by atoms with E-state index >= 15 is 0 Å². The van der Waals surface area contributed by atoms with Crippen molar-refractivity contribution in [2.45, 2.75) is 39.3 Å². The summed E-state index contributed by atoms with van der Waals surface area (Å²) in [6.45, 7) is 4.73. The average molecular weight is 505 g/mol. The second-order valence-electron chi connectivity index (χ2n) is 8.80. The zero-order chi connectivity index (χ0) is 26.6. The van der Waals surface area contributed by atoms with Gasteiger partial charge in [-0.1, -0.05) is 43.3 Å². The second kappa shape index (κ2) is 13.9. The molecule has 0 fully saturated rings. The Labute approximate surface area is 219 Å². The van der Waals surface area contributed by atoms with Crippen LogP contribution in [0.3, 0.4) is 0 Å². The lowest BCUT2D eigenvalue weighted by molar-refractivity contribution is -0.140. The van der Waals surface area contributed by atoms with E-state index in [9.17, 15) is 9.59 Å². The first-order chi connectivity index (χ1) is 17.9. The summed E-state index contributed by atoms with van der Waals surface area (Å²) in [4.78, 5) is 30.0. The fourth-order valence-electron chi connectivity index (χ4n) is 3.93. The smallest absolute Gasteiger partial charge is 0.247 e. The molecule has 7 nitrogen and oxygen atoms in total. The first-order valence-corrected chi connectivity index (χ1v) is 12.5. The normalized spacial score (nSPS) is 11.8. The van der Waals surface area contributed by atoms with Crippen molar-refractivity contribution in [1.29, 1.82) is 0 Å². The minimum Gasteiger partial charge on any atom is -0.493 e. The quantitative estimate of drug-likeness (QED) is 0.299. The van der Waals surface area contributed by atoms with Crippen LogP contribution in [0.25, 0.3) is 6.08 Å². The number of carbonyl (C=O) groups excluding carboxylic acids is 2. The van der Waals surface area contributed by atoms with E-state index in [4.69, 9.17) is 13.9 Å². The number of hydrogen-bond donors (Lipinski definition) is 0. The number of ether oxygens (including phenoxy) is 2. The Balaban J connectivity index is 1.75. The molecule has 1 heterocycles. The van der Waals surface area contributed by atoms with Gasteiger partial charge in [-0.15, -0.1) is 0 Å². The van der Waals surface area contributed by atoms with E-state index in [0.29, 0.717) is 36.8 Å². The number of carbonyl (C=O) groups is 2. The molecule has 3 rings (SSSR count). The van der Waals surface area contributed by atoms with Crippen LogP contribution in [0, 0.1) is 0 Å². The van der Waals surface area contributed by atoms with Gasteiger partial charge in [0.2, 0.25) is 11.8 Å². The standard InChI is InChI=1S/C30H36N2O5/c1-5-23(2)32(29(33)16-14-24-10-7-6-8-11-24)22-30(34)31(21-26-12-9-19-37-26)18-17-25-13-15-27(35-3)28(20-25)36-4/h6-16,19-20,23H,5,17-18,21-22H2,1-4H3/b16-14+/t23-/m0/s1. The number of methoxy groups -OCH3 is 2. The molecule has 0 saturated carbocycles. The summed E-state index contributed by atoms with van der Waals surface area (Å²) in [5.41, 5.74) is 1.94. The molecule has 7 heteroatoms. The molecule has 196 valence electrons. The Bertz CT molecular complexity index is 1160. The van der Waals surface area contributed by atoms with Gasteiger partial charge in [-0.3, -0.25) is 9.59 Å². The highest BCUT2D eigenvalue weighted by Gasteiger charge is 2.24. The van der Waals surface area contributed by atoms with Crippen LogP contribution in [-0.4, -0.2) is 55.0 Å². The van der Waals surface area contributed by atoms with E-state index in [-0.39, 0.29) is 24.4 Å². The van der Waals surface area contributed by atoms with Gasteiger partial charge in [0.05, 0.1) is 27.0 Å². The van der Waals surface area contributed by atoms with E-state index < -0.39 is 0 Å². The summed E-state index contributed by atoms with van der Waals surface area (Å²) in [6.07, 6.45) is 6.25. The fourth-order valence-corrected chi connectivity index (χ4v) is 3.93. The van der Waals surface area contributed by atoms with Crippen molar-refractivity contribution in [1.82, 2.24) is 9.80 Å². The van der Waals surface area contributed by atoms with Gasteiger partial charge in [0.15, 0.2) is 11.5 Å². The van der Waals surface area contributed by atoms with Crippen LogP contribution in [0.15, 0.2) is 77.4 Å². The largest absolute Gasteiger partial charge is 0.493 e. The van der Waals surface area contributed by atoms with Gasteiger partial charge in [0.25, 0.3) is 0 Å². The maximum absolute atomic E-state index is 13.5. The summed E-state index contributed by atoms with van der Waals surface area (Å²) in [5.74, 6) is 1.65. The van der Waals surface area contributed by atoms with Crippen LogP contribution in [-0.2, 0) is 22.6 Å². The predicted octanol–water partition coefficient (Wildman–Crippen LogP) is 5.21. The van der Waals surface area contributed by atoms with Crippen molar-refractivity contribution < 1.29 is 23.5 Å². The van der Waals surface area contributed by atoms with Gasteiger partial charge in [-0.2, -0.15) is 0 Å². The lowest BCUT2D eigenvalue weighted by Crippen LogP contribution is -2.46. The highest BCUT2D eigenvalue weighted by atomic mass is 16.5. The molecule has 0 aliphatic carbocycles. The molecule has 37 heavy (non-hydrogen) atoms. The molecule has 0 bridgehead atoms. The summed E-state index contributed by atoms with van der Waals surface area (Å²) in [5, 5.41) is 0. The Morgan fingerprint density at radius 3 is 2.41 bits per heavy atom. The fraction of sp³-hybridized carbons (Fsp3) is 0.333. The van der Waals surface area contributed by atoms with Gasteiger partial charge in [0.1, 0.15) is 12.3 Å². The molecule has 0 unspecified atom stereocenters. The van der Waals surface area contributed by atoms with E-state index in [2.05, 4.69) is 0 Å². The van der Waals surface area contributed by atoms with Crippen LogP contribution >= 0.6 is 0 Å². The van der Waals surface area contributed by atoms with Crippen molar-refractivity contribution >= 4 is 17.9 Å². The lowest BCUT2D eigenvalue weighted by Gasteiger charge is -2.30. The third-order valence-electron chi connectivity index (χ3n) is 6.33. The zero-order valence-electron chi connectivity index (χ0n) is 22.1. The maximum atomic E-state index is 13.5. The molecule has 0 aliphatic rings. The molecular weight excluding hydrogens is 468 g/mol. The summed E-state index contributed by atoms with van der Waals surface area (Å²) >= 11 is 0. The van der Waals surface area contributed by atoms with E-state index in [1.54, 1.807) is 42.4 Å². The zero-order valence-corrected chi connectivity index (χ0v) is 22.1. The number of furan rings is 1. The molecule has 2 amide bonds. The van der Waals surface area contributed by atoms with Crippen molar-refractivity contribution in [2.75, 3.05) is 27.3 Å². The minimum absolute atomic E-state index is 0.0143. The predicted molar refractivity (Wildman–Crippen MR) is 144 cm³/mol. The number of nitrogens with zero attached hydrogens (tertiary/aromatic N) is 2. The Kier molecular flexibility index (Phi) is 10.4. The monoisotopic (exact) mass is 504 g/mol. The van der Waals surface area contributed by atoms with E-state index in [1.807, 2.05) is 68.4 Å². The molecule has 0 radical (unpaired) electrons. The molecule has 0 aliphatic heterocycles. The van der Waals surface area contributed by atoms with Gasteiger partial charge >= 0.3 is 0 Å². The molecule has 1 atom stereocenters. The van der Waals surface area contributed by atoms with Crippen molar-refractivity contribution in [2.24, 2.45) is 0 Å². The number of rotatable bonds is 13. The van der Waals surface area contributed by atoms with Gasteiger partial charge in [-0.05, 0) is 61.2 Å². The SMILES string of the molecule is CC[C@H](C)N(CC(=O)N(CCc1ccc(OC)c(OC)c1)Cc1ccco1)C(=O)/C=C/c1ccccc1. The van der Waals surface area contributed by atoms with E-state index in [1.165, 1.54) is 6.08 Å². The molecule has 3 aromatic rings. The Morgan fingerprint density at radius 1 is 1.00 bits per heavy atom. The topological polar surface area (TPSA) is 72.2 Å². The Morgan fingerprint density at radius 2 is 1.76 bits per heavy atom. The number of hydrogen-bond acceptors (Lipinski definition) is 5. The number of amides is 2. The minimum atomic E-state index is -0.190. The molecule has 2 aromatic carbocycles.